The number of esters is 4. The predicted molar refractivity (Wildman–Crippen MR) is 178 cm³/mol. The number of phenols is 11. The number of carboxylic acids is 1. The number of aliphatic carboxylic acids is 1. The standard InChI is InChI=1S/C35H28O22/c36-15-1-11(2-16(37)25(15)43)30(47)54-22-8-14(7-21(42)28(22)46)33(50)57-29-23(55-31(48)12-3-17(38)26(44)18(39)4-12)9-35(53,34(51)52)10-24(29)56-32(49)13-5-19(40)27(45)20(41)6-13/h1-8,23-24,29,36-46,53H,9-10H2,(H,51,52)/t23-,24-,29?,35?/m1/s1. The molecule has 5 rings (SSSR count). The average molecular weight is 801 g/mol. The van der Waals surface area contributed by atoms with Gasteiger partial charge in [0.25, 0.3) is 0 Å². The summed E-state index contributed by atoms with van der Waals surface area (Å²) >= 11 is 0. The molecular formula is C35H28O22. The van der Waals surface area contributed by atoms with Gasteiger partial charge in [0.15, 0.2) is 74.9 Å². The number of carbonyl (C=O) groups excluding carboxylic acids is 4. The number of aliphatic hydroxyl groups is 1. The van der Waals surface area contributed by atoms with Crippen LogP contribution in [0.2, 0.25) is 0 Å². The molecule has 300 valence electrons. The Morgan fingerprint density at radius 3 is 1.11 bits per heavy atom. The second kappa shape index (κ2) is 15.0. The Balaban J connectivity index is 1.54. The lowest BCUT2D eigenvalue weighted by Gasteiger charge is -2.42. The van der Waals surface area contributed by atoms with Crippen LogP contribution in [0.3, 0.4) is 0 Å². The third kappa shape index (κ3) is 8.09. The molecule has 0 bridgehead atoms. The van der Waals surface area contributed by atoms with E-state index in [1.165, 1.54) is 0 Å². The number of hydrogen-bond acceptors (Lipinski definition) is 21. The van der Waals surface area contributed by atoms with E-state index >= 15 is 0 Å². The summed E-state index contributed by atoms with van der Waals surface area (Å²) < 4.78 is 21.1. The van der Waals surface area contributed by atoms with Crippen molar-refractivity contribution < 1.29 is 109 Å². The molecule has 22 heteroatoms. The highest BCUT2D eigenvalue weighted by Gasteiger charge is 2.55. The summed E-state index contributed by atoms with van der Waals surface area (Å²) in [4.78, 5) is 65.2. The molecule has 13 N–H and O–H groups in total. The zero-order valence-corrected chi connectivity index (χ0v) is 28.3. The topological polar surface area (TPSA) is 385 Å². The first kappa shape index (κ1) is 40.2. The van der Waals surface area contributed by atoms with Crippen LogP contribution in [0.15, 0.2) is 48.5 Å². The van der Waals surface area contributed by atoms with Crippen LogP contribution in [0.5, 0.6) is 69.0 Å². The molecule has 0 radical (unpaired) electrons. The van der Waals surface area contributed by atoms with E-state index in [-0.39, 0.29) is 0 Å². The van der Waals surface area contributed by atoms with E-state index in [2.05, 4.69) is 0 Å². The molecule has 1 aliphatic rings. The number of rotatable bonds is 9. The molecule has 0 saturated heterocycles. The highest BCUT2D eigenvalue weighted by Crippen LogP contribution is 2.42. The molecule has 0 amide bonds. The van der Waals surface area contributed by atoms with Crippen molar-refractivity contribution in [2.24, 2.45) is 0 Å². The van der Waals surface area contributed by atoms with E-state index in [1.54, 1.807) is 0 Å². The Labute approximate surface area is 315 Å². The van der Waals surface area contributed by atoms with Crippen LogP contribution >= 0.6 is 0 Å². The fraction of sp³-hybridized carbons (Fsp3) is 0.171. The van der Waals surface area contributed by atoms with Crippen LogP contribution in [-0.2, 0) is 19.0 Å². The van der Waals surface area contributed by atoms with E-state index in [4.69, 9.17) is 18.9 Å². The van der Waals surface area contributed by atoms with Gasteiger partial charge in [-0.2, -0.15) is 0 Å². The molecule has 57 heavy (non-hydrogen) atoms. The maximum atomic E-state index is 13.7. The Hall–Kier alpha value is -8.01. The van der Waals surface area contributed by atoms with Crippen molar-refractivity contribution in [1.29, 1.82) is 0 Å². The SMILES string of the molecule is O=C(Oc1cc(C(=O)OC2[C@H](OC(=O)c3cc(O)c(O)c(O)c3)CC(O)(C(=O)O)C[C@H]2OC(=O)c2cc(O)c(O)c(O)c2)cc(O)c1O)c1cc(O)c(O)c(O)c1. The van der Waals surface area contributed by atoms with Crippen LogP contribution in [0.4, 0.5) is 0 Å². The van der Waals surface area contributed by atoms with Gasteiger partial charge in [-0.05, 0) is 48.5 Å². The van der Waals surface area contributed by atoms with E-state index in [0.29, 0.717) is 48.5 Å². The van der Waals surface area contributed by atoms with E-state index in [0.717, 1.165) is 0 Å². The van der Waals surface area contributed by atoms with Gasteiger partial charge in [-0.3, -0.25) is 0 Å². The zero-order chi connectivity index (χ0) is 42.3. The van der Waals surface area contributed by atoms with Crippen molar-refractivity contribution >= 4 is 29.8 Å². The van der Waals surface area contributed by atoms with Gasteiger partial charge in [0.1, 0.15) is 12.2 Å². The van der Waals surface area contributed by atoms with Crippen molar-refractivity contribution in [2.75, 3.05) is 0 Å². The highest BCUT2D eigenvalue weighted by molar-refractivity contribution is 5.95. The molecule has 4 aromatic rings. The molecule has 0 heterocycles. The molecule has 1 saturated carbocycles. The van der Waals surface area contributed by atoms with E-state index in [1.807, 2.05) is 0 Å². The predicted octanol–water partition coefficient (Wildman–Crippen LogP) is 1.25. The van der Waals surface area contributed by atoms with Crippen molar-refractivity contribution in [1.82, 2.24) is 0 Å². The second-order valence-electron chi connectivity index (χ2n) is 12.3. The first-order valence-corrected chi connectivity index (χ1v) is 15.7. The molecule has 22 nitrogen and oxygen atoms in total. The lowest BCUT2D eigenvalue weighted by atomic mass is 9.79. The molecule has 4 aromatic carbocycles. The fourth-order valence-corrected chi connectivity index (χ4v) is 5.48. The van der Waals surface area contributed by atoms with Gasteiger partial charge in [-0.1, -0.05) is 0 Å². The van der Waals surface area contributed by atoms with Gasteiger partial charge in [-0.15, -0.1) is 0 Å². The van der Waals surface area contributed by atoms with E-state index < -0.39 is 158 Å². The smallest absolute Gasteiger partial charge is 0.343 e. The third-order valence-electron chi connectivity index (χ3n) is 8.38. The number of phenolic OH excluding ortho intramolecular Hbond substituents is 11. The van der Waals surface area contributed by atoms with Crippen LogP contribution in [-0.4, -0.2) is 120 Å². The number of aromatic hydroxyl groups is 11. The summed E-state index contributed by atoms with van der Waals surface area (Å²) in [5.74, 6) is -20.3. The molecule has 1 aliphatic carbocycles. The average Bonchev–Trinajstić information content (AvgIpc) is 3.13. The summed E-state index contributed by atoms with van der Waals surface area (Å²) in [6, 6.07) is 4.90. The van der Waals surface area contributed by atoms with Crippen molar-refractivity contribution in [3.8, 4) is 69.0 Å². The minimum Gasteiger partial charge on any atom is -0.504 e. The molecule has 0 aliphatic heterocycles. The zero-order valence-electron chi connectivity index (χ0n) is 28.3. The maximum Gasteiger partial charge on any atom is 0.343 e. The summed E-state index contributed by atoms with van der Waals surface area (Å²) in [5, 5.41) is 130. The normalized spacial score (nSPS) is 18.9. The number of benzene rings is 4. The molecule has 0 aromatic heterocycles. The van der Waals surface area contributed by atoms with Crippen LogP contribution in [0.1, 0.15) is 54.3 Å². The highest BCUT2D eigenvalue weighted by atomic mass is 16.6. The van der Waals surface area contributed by atoms with Gasteiger partial charge < -0.3 is 85.3 Å². The van der Waals surface area contributed by atoms with E-state index in [9.17, 15) is 90.4 Å². The van der Waals surface area contributed by atoms with Gasteiger partial charge in [0, 0.05) is 12.8 Å². The van der Waals surface area contributed by atoms with Gasteiger partial charge in [0.2, 0.25) is 5.75 Å². The Kier molecular flexibility index (Phi) is 10.6. The monoisotopic (exact) mass is 800 g/mol. The van der Waals surface area contributed by atoms with Gasteiger partial charge in [0.05, 0.1) is 22.3 Å². The summed E-state index contributed by atoms with van der Waals surface area (Å²) in [6.07, 6.45) is -8.65. The van der Waals surface area contributed by atoms with Crippen LogP contribution in [0, 0.1) is 0 Å². The minimum atomic E-state index is -2.94. The van der Waals surface area contributed by atoms with Crippen LogP contribution < -0.4 is 4.74 Å². The van der Waals surface area contributed by atoms with Gasteiger partial charge in [-0.25, -0.2) is 24.0 Å². The first-order valence-electron chi connectivity index (χ1n) is 15.7. The lowest BCUT2D eigenvalue weighted by Crippen LogP contribution is -2.59. The lowest BCUT2D eigenvalue weighted by molar-refractivity contribution is -0.188. The Morgan fingerprint density at radius 1 is 0.456 bits per heavy atom. The fourth-order valence-electron chi connectivity index (χ4n) is 5.48. The number of ether oxygens (including phenoxy) is 4. The quantitative estimate of drug-likeness (QED) is 0.0490. The Bertz CT molecular complexity index is 2180. The summed E-state index contributed by atoms with van der Waals surface area (Å²) in [6.45, 7) is 0. The third-order valence-corrected chi connectivity index (χ3v) is 8.38. The van der Waals surface area contributed by atoms with Crippen molar-refractivity contribution in [3.05, 3.63) is 70.8 Å². The molecule has 2 atom stereocenters. The largest absolute Gasteiger partial charge is 0.504 e. The minimum absolute atomic E-state index is 0.565. The number of hydrogen-bond donors (Lipinski definition) is 13. The number of carboxylic acid groups (broad SMARTS) is 1. The van der Waals surface area contributed by atoms with Crippen molar-refractivity contribution in [2.45, 2.75) is 36.8 Å². The maximum absolute atomic E-state index is 13.7. The van der Waals surface area contributed by atoms with Gasteiger partial charge >= 0.3 is 29.8 Å². The Morgan fingerprint density at radius 2 is 0.754 bits per heavy atom. The molecule has 1 fully saturated rings. The molecule has 0 unspecified atom stereocenters. The summed E-state index contributed by atoms with van der Waals surface area (Å²) in [5.41, 5.74) is -5.70. The molecule has 0 spiro atoms. The second-order valence-corrected chi connectivity index (χ2v) is 12.3. The van der Waals surface area contributed by atoms with Crippen LogP contribution in [0.25, 0.3) is 0 Å². The van der Waals surface area contributed by atoms with Crippen molar-refractivity contribution in [3.63, 3.8) is 0 Å². The summed E-state index contributed by atoms with van der Waals surface area (Å²) in [7, 11) is 0. The first-order chi connectivity index (χ1) is 26.6. The molecular weight excluding hydrogens is 772 g/mol. The number of carbonyl (C=O) groups is 5.